The predicted molar refractivity (Wildman–Crippen MR) is 137 cm³/mol. The SMILES string of the molecule is CSc1ccc(/C=N/NC(=O)CN(Cc2ccccc2Cl)S(=O)(=O)c2ccc(Br)cc2)cc1. The molecule has 10 heteroatoms. The summed E-state index contributed by atoms with van der Waals surface area (Å²) in [5.74, 6) is -0.570. The Hall–Kier alpha value is -2.17. The fourth-order valence-electron chi connectivity index (χ4n) is 2.86. The average molecular weight is 567 g/mol. The highest BCUT2D eigenvalue weighted by Crippen LogP contribution is 2.23. The summed E-state index contributed by atoms with van der Waals surface area (Å²) < 4.78 is 28.4. The molecule has 0 aromatic heterocycles. The number of amides is 1. The van der Waals surface area contributed by atoms with Gasteiger partial charge in [-0.2, -0.15) is 9.41 Å². The third-order valence-corrected chi connectivity index (χ3v) is 8.04. The van der Waals surface area contributed by atoms with E-state index in [9.17, 15) is 13.2 Å². The van der Waals surface area contributed by atoms with Gasteiger partial charge in [0, 0.05) is 20.9 Å². The molecule has 3 aromatic carbocycles. The van der Waals surface area contributed by atoms with Crippen LogP contribution in [-0.2, 0) is 21.4 Å². The lowest BCUT2D eigenvalue weighted by molar-refractivity contribution is -0.121. The van der Waals surface area contributed by atoms with Crippen molar-refractivity contribution in [2.24, 2.45) is 5.10 Å². The van der Waals surface area contributed by atoms with Crippen LogP contribution >= 0.6 is 39.3 Å². The van der Waals surface area contributed by atoms with Crippen molar-refractivity contribution in [3.63, 3.8) is 0 Å². The van der Waals surface area contributed by atoms with Gasteiger partial charge in [0.2, 0.25) is 10.0 Å². The minimum Gasteiger partial charge on any atom is -0.272 e. The number of nitrogens with one attached hydrogen (secondary N) is 1. The fraction of sp³-hybridized carbons (Fsp3) is 0.130. The number of halogens is 2. The predicted octanol–water partition coefficient (Wildman–Crippen LogP) is 5.17. The first-order valence-electron chi connectivity index (χ1n) is 9.74. The van der Waals surface area contributed by atoms with E-state index in [-0.39, 0.29) is 11.4 Å². The summed E-state index contributed by atoms with van der Waals surface area (Å²) in [5, 5.41) is 4.37. The van der Waals surface area contributed by atoms with E-state index in [0.29, 0.717) is 10.6 Å². The molecule has 0 bridgehead atoms. The molecule has 0 spiro atoms. The molecule has 172 valence electrons. The highest BCUT2D eigenvalue weighted by atomic mass is 79.9. The quantitative estimate of drug-likeness (QED) is 0.220. The number of carbonyl (C=O) groups is 1. The van der Waals surface area contributed by atoms with Crippen LogP contribution in [0.15, 0.2) is 92.2 Å². The van der Waals surface area contributed by atoms with Gasteiger partial charge >= 0.3 is 0 Å². The number of thioether (sulfide) groups is 1. The van der Waals surface area contributed by atoms with Gasteiger partial charge in [-0.05, 0) is 59.8 Å². The van der Waals surface area contributed by atoms with Crippen LogP contribution in [0.3, 0.4) is 0 Å². The Bertz CT molecular complexity index is 1230. The topological polar surface area (TPSA) is 78.8 Å². The number of hydrazone groups is 1. The summed E-state index contributed by atoms with van der Waals surface area (Å²) in [5.41, 5.74) is 3.80. The minimum absolute atomic E-state index is 0.0641. The van der Waals surface area contributed by atoms with E-state index in [2.05, 4.69) is 26.5 Å². The lowest BCUT2D eigenvalue weighted by atomic mass is 10.2. The summed E-state index contributed by atoms with van der Waals surface area (Å²) in [4.78, 5) is 13.8. The number of rotatable bonds is 9. The largest absolute Gasteiger partial charge is 0.272 e. The molecule has 0 aliphatic carbocycles. The van der Waals surface area contributed by atoms with Crippen LogP contribution in [0.4, 0.5) is 0 Å². The molecule has 0 saturated heterocycles. The van der Waals surface area contributed by atoms with Crippen molar-refractivity contribution in [2.45, 2.75) is 16.3 Å². The van der Waals surface area contributed by atoms with Crippen molar-refractivity contribution in [3.8, 4) is 0 Å². The Labute approximate surface area is 211 Å². The van der Waals surface area contributed by atoms with Crippen LogP contribution in [0, 0.1) is 0 Å². The zero-order valence-electron chi connectivity index (χ0n) is 17.6. The molecule has 0 aliphatic heterocycles. The Morgan fingerprint density at radius 1 is 1.09 bits per heavy atom. The van der Waals surface area contributed by atoms with Crippen molar-refractivity contribution < 1.29 is 13.2 Å². The molecule has 1 amide bonds. The molecule has 0 saturated carbocycles. The van der Waals surface area contributed by atoms with Crippen LogP contribution < -0.4 is 5.43 Å². The molecule has 0 heterocycles. The second-order valence-corrected chi connectivity index (χ2v) is 11.0. The van der Waals surface area contributed by atoms with Gasteiger partial charge in [-0.1, -0.05) is 57.9 Å². The maximum Gasteiger partial charge on any atom is 0.255 e. The lowest BCUT2D eigenvalue weighted by Gasteiger charge is -2.22. The first-order valence-corrected chi connectivity index (χ1v) is 13.6. The molecular weight excluding hydrogens is 546 g/mol. The number of hydrogen-bond donors (Lipinski definition) is 1. The summed E-state index contributed by atoms with van der Waals surface area (Å²) in [6.07, 6.45) is 3.49. The number of nitrogens with zero attached hydrogens (tertiary/aromatic N) is 2. The average Bonchev–Trinajstić information content (AvgIpc) is 2.80. The summed E-state index contributed by atoms with van der Waals surface area (Å²) in [7, 11) is -3.97. The molecule has 3 aromatic rings. The fourth-order valence-corrected chi connectivity index (χ4v) is 5.10. The second kappa shape index (κ2) is 11.8. The first-order chi connectivity index (χ1) is 15.8. The van der Waals surface area contributed by atoms with E-state index in [4.69, 9.17) is 11.6 Å². The van der Waals surface area contributed by atoms with Gasteiger partial charge in [0.25, 0.3) is 5.91 Å². The van der Waals surface area contributed by atoms with E-state index in [1.165, 1.54) is 18.3 Å². The second-order valence-electron chi connectivity index (χ2n) is 6.88. The minimum atomic E-state index is -3.97. The highest BCUT2D eigenvalue weighted by molar-refractivity contribution is 9.10. The molecule has 6 nitrogen and oxygen atoms in total. The Morgan fingerprint density at radius 3 is 2.39 bits per heavy atom. The van der Waals surface area contributed by atoms with Crippen LogP contribution in [0.1, 0.15) is 11.1 Å². The Balaban J connectivity index is 1.78. The maximum atomic E-state index is 13.3. The highest BCUT2D eigenvalue weighted by Gasteiger charge is 2.27. The standard InChI is InChI=1S/C23H21BrClN3O3S2/c1-32-20-10-6-17(7-11-20)14-26-27-23(29)16-28(15-18-4-2-3-5-22(18)25)33(30,31)21-12-8-19(24)9-13-21/h2-14H,15-16H2,1H3,(H,27,29)/b26-14+. The van der Waals surface area contributed by atoms with Crippen LogP contribution in [-0.4, -0.2) is 37.6 Å². The molecule has 0 atom stereocenters. The Kier molecular flexibility index (Phi) is 9.10. The Morgan fingerprint density at radius 2 is 1.76 bits per heavy atom. The first kappa shape index (κ1) is 25.5. The van der Waals surface area contributed by atoms with Crippen molar-refractivity contribution >= 4 is 61.4 Å². The number of sulfonamides is 1. The van der Waals surface area contributed by atoms with E-state index in [0.717, 1.165) is 19.2 Å². The molecule has 0 radical (unpaired) electrons. The van der Waals surface area contributed by atoms with Crippen molar-refractivity contribution in [3.05, 3.63) is 93.4 Å². The zero-order chi connectivity index (χ0) is 23.8. The van der Waals surface area contributed by atoms with E-state index >= 15 is 0 Å². The zero-order valence-corrected chi connectivity index (χ0v) is 21.6. The normalized spacial score (nSPS) is 11.8. The molecule has 0 aliphatic rings. The smallest absolute Gasteiger partial charge is 0.255 e. The van der Waals surface area contributed by atoms with Crippen molar-refractivity contribution in [2.75, 3.05) is 12.8 Å². The molecule has 0 fully saturated rings. The van der Waals surface area contributed by atoms with Crippen molar-refractivity contribution in [1.82, 2.24) is 9.73 Å². The van der Waals surface area contributed by atoms with E-state index < -0.39 is 22.5 Å². The van der Waals surface area contributed by atoms with Gasteiger partial charge < -0.3 is 0 Å². The van der Waals surface area contributed by atoms with Gasteiger partial charge in [0.05, 0.1) is 17.7 Å². The molecular formula is C23H21BrClN3O3S2. The van der Waals surface area contributed by atoms with E-state index in [1.807, 2.05) is 30.5 Å². The molecule has 3 rings (SSSR count). The van der Waals surface area contributed by atoms with E-state index in [1.54, 1.807) is 48.2 Å². The van der Waals surface area contributed by atoms with Gasteiger partial charge in [0.15, 0.2) is 0 Å². The van der Waals surface area contributed by atoms with Crippen LogP contribution in [0.5, 0.6) is 0 Å². The number of hydrogen-bond acceptors (Lipinski definition) is 5. The molecule has 0 unspecified atom stereocenters. The monoisotopic (exact) mass is 565 g/mol. The molecule has 1 N–H and O–H groups in total. The number of benzene rings is 3. The third kappa shape index (κ3) is 7.15. The summed E-state index contributed by atoms with van der Waals surface area (Å²) in [6.45, 7) is -0.488. The maximum absolute atomic E-state index is 13.3. The molecule has 33 heavy (non-hydrogen) atoms. The van der Waals surface area contributed by atoms with Gasteiger partial charge in [-0.15, -0.1) is 11.8 Å². The third-order valence-electron chi connectivity index (χ3n) is 4.59. The van der Waals surface area contributed by atoms with Crippen molar-refractivity contribution in [1.29, 1.82) is 0 Å². The van der Waals surface area contributed by atoms with Gasteiger partial charge in [0.1, 0.15) is 0 Å². The summed E-state index contributed by atoms with van der Waals surface area (Å²) in [6, 6.07) is 20.8. The number of carbonyl (C=O) groups excluding carboxylic acids is 1. The van der Waals surface area contributed by atoms with Gasteiger partial charge in [-0.25, -0.2) is 13.8 Å². The van der Waals surface area contributed by atoms with Gasteiger partial charge in [-0.3, -0.25) is 4.79 Å². The van der Waals surface area contributed by atoms with Crippen LogP contribution in [0.2, 0.25) is 5.02 Å². The lowest BCUT2D eigenvalue weighted by Crippen LogP contribution is -2.39. The van der Waals surface area contributed by atoms with Crippen LogP contribution in [0.25, 0.3) is 0 Å². The summed E-state index contributed by atoms with van der Waals surface area (Å²) >= 11 is 11.2.